The number of hydrogen-bond donors (Lipinski definition) is 0. The molecule has 2 aromatic heterocycles. The van der Waals surface area contributed by atoms with Gasteiger partial charge in [0.05, 0.1) is 0 Å². The Labute approximate surface area is 111 Å². The van der Waals surface area contributed by atoms with Gasteiger partial charge in [-0.3, -0.25) is 4.98 Å². The fraction of sp³-hybridized carbons (Fsp3) is 0.133. The summed E-state index contributed by atoms with van der Waals surface area (Å²) in [6.45, 7) is 0.940. The van der Waals surface area contributed by atoms with Gasteiger partial charge in [0.2, 0.25) is 0 Å². The van der Waals surface area contributed by atoms with Gasteiger partial charge in [0.15, 0.2) is 0 Å². The Morgan fingerprint density at radius 1 is 1.17 bits per heavy atom. The van der Waals surface area contributed by atoms with Crippen molar-refractivity contribution in [1.29, 1.82) is 0 Å². The van der Waals surface area contributed by atoms with Crippen molar-refractivity contribution in [2.75, 3.05) is 0 Å². The summed E-state index contributed by atoms with van der Waals surface area (Å²) in [5.74, 6) is 0. The van der Waals surface area contributed by atoms with Crippen molar-refractivity contribution in [3.63, 3.8) is 0 Å². The van der Waals surface area contributed by atoms with Crippen LogP contribution in [-0.2, 0) is 13.0 Å². The fourth-order valence-corrected chi connectivity index (χ4v) is 2.31. The summed E-state index contributed by atoms with van der Waals surface area (Å²) in [7, 11) is 0. The molecule has 0 aliphatic carbocycles. The molecule has 0 radical (unpaired) electrons. The van der Waals surface area contributed by atoms with Crippen LogP contribution in [0.15, 0.2) is 55.0 Å². The highest BCUT2D eigenvalue weighted by Gasteiger charge is 2.02. The van der Waals surface area contributed by atoms with Gasteiger partial charge in [-0.25, -0.2) is 0 Å². The quantitative estimate of drug-likeness (QED) is 0.694. The van der Waals surface area contributed by atoms with Gasteiger partial charge in [0.25, 0.3) is 0 Å². The molecule has 0 atom stereocenters. The third-order valence-electron chi connectivity index (χ3n) is 3.10. The van der Waals surface area contributed by atoms with Gasteiger partial charge < -0.3 is 4.57 Å². The smallest absolute Gasteiger partial charge is 0.0495 e. The van der Waals surface area contributed by atoms with E-state index in [1.54, 1.807) is 6.20 Å². The topological polar surface area (TPSA) is 17.8 Å². The highest BCUT2D eigenvalue weighted by molar-refractivity contribution is 6.31. The molecule has 0 N–H and O–H groups in total. The summed E-state index contributed by atoms with van der Waals surface area (Å²) in [6.07, 6.45) is 6.80. The monoisotopic (exact) mass is 256 g/mol. The second kappa shape index (κ2) is 4.83. The van der Waals surface area contributed by atoms with Gasteiger partial charge in [-0.15, -0.1) is 0 Å². The molecule has 0 saturated heterocycles. The Kier molecular flexibility index (Phi) is 3.03. The standard InChI is InChI=1S/C15H13ClN2/c16-14-4-3-13-6-9-18(15(13)10-14)8-5-12-2-1-7-17-11-12/h1-4,6-7,9-11H,5,8H2. The zero-order valence-electron chi connectivity index (χ0n) is 9.88. The molecule has 1 aromatic carbocycles. The Balaban J connectivity index is 1.85. The molecule has 3 rings (SSSR count). The molecule has 0 amide bonds. The predicted octanol–water partition coefficient (Wildman–Crippen LogP) is 3.93. The Morgan fingerprint density at radius 3 is 2.94 bits per heavy atom. The van der Waals surface area contributed by atoms with Gasteiger partial charge in [0.1, 0.15) is 0 Å². The molecule has 2 heterocycles. The van der Waals surface area contributed by atoms with E-state index in [2.05, 4.69) is 33.9 Å². The van der Waals surface area contributed by atoms with Crippen LogP contribution < -0.4 is 0 Å². The lowest BCUT2D eigenvalue weighted by atomic mass is 10.2. The first-order valence-corrected chi connectivity index (χ1v) is 6.34. The fourth-order valence-electron chi connectivity index (χ4n) is 2.15. The maximum absolute atomic E-state index is 6.04. The van der Waals surface area contributed by atoms with Gasteiger partial charge >= 0.3 is 0 Å². The molecule has 18 heavy (non-hydrogen) atoms. The molecular weight excluding hydrogens is 244 g/mol. The Bertz CT molecular complexity index is 659. The predicted molar refractivity (Wildman–Crippen MR) is 74.9 cm³/mol. The Morgan fingerprint density at radius 2 is 2.11 bits per heavy atom. The molecule has 2 nitrogen and oxygen atoms in total. The number of aryl methyl sites for hydroxylation is 2. The van der Waals surface area contributed by atoms with Crippen LogP contribution in [0.2, 0.25) is 5.02 Å². The van der Waals surface area contributed by atoms with E-state index < -0.39 is 0 Å². The molecule has 0 bridgehead atoms. The highest BCUT2D eigenvalue weighted by Crippen LogP contribution is 2.20. The number of pyridine rings is 1. The van der Waals surface area contributed by atoms with E-state index >= 15 is 0 Å². The van der Waals surface area contributed by atoms with Crippen LogP contribution in [0.5, 0.6) is 0 Å². The Hall–Kier alpha value is -1.80. The first-order chi connectivity index (χ1) is 8.83. The molecular formula is C15H13ClN2. The van der Waals surface area contributed by atoms with E-state index in [9.17, 15) is 0 Å². The summed E-state index contributed by atoms with van der Waals surface area (Å²) in [6, 6.07) is 12.2. The van der Waals surface area contributed by atoms with Crippen molar-refractivity contribution in [2.24, 2.45) is 0 Å². The van der Waals surface area contributed by atoms with Gasteiger partial charge in [-0.2, -0.15) is 0 Å². The first-order valence-electron chi connectivity index (χ1n) is 5.96. The third-order valence-corrected chi connectivity index (χ3v) is 3.34. The summed E-state index contributed by atoms with van der Waals surface area (Å²) in [5.41, 5.74) is 2.44. The largest absolute Gasteiger partial charge is 0.347 e. The summed E-state index contributed by atoms with van der Waals surface area (Å²) < 4.78 is 2.23. The van der Waals surface area contributed by atoms with E-state index in [-0.39, 0.29) is 0 Å². The molecule has 0 saturated carbocycles. The van der Waals surface area contributed by atoms with Gasteiger partial charge in [-0.1, -0.05) is 23.7 Å². The third kappa shape index (κ3) is 2.24. The minimum atomic E-state index is 0.781. The van der Waals surface area contributed by atoms with E-state index in [0.29, 0.717) is 0 Å². The lowest BCUT2D eigenvalue weighted by Gasteiger charge is -2.05. The van der Waals surface area contributed by atoms with Crippen LogP contribution >= 0.6 is 11.6 Å². The maximum Gasteiger partial charge on any atom is 0.0495 e. The van der Waals surface area contributed by atoms with Crippen molar-refractivity contribution < 1.29 is 0 Å². The van der Waals surface area contributed by atoms with Crippen LogP contribution in [0.4, 0.5) is 0 Å². The second-order valence-electron chi connectivity index (χ2n) is 4.32. The van der Waals surface area contributed by atoms with Gasteiger partial charge in [0, 0.05) is 35.7 Å². The highest BCUT2D eigenvalue weighted by atomic mass is 35.5. The zero-order chi connectivity index (χ0) is 12.4. The van der Waals surface area contributed by atoms with Crippen molar-refractivity contribution in [3.8, 4) is 0 Å². The van der Waals surface area contributed by atoms with E-state index in [1.807, 2.05) is 24.4 Å². The molecule has 0 spiro atoms. The molecule has 0 fully saturated rings. The van der Waals surface area contributed by atoms with E-state index in [1.165, 1.54) is 16.5 Å². The maximum atomic E-state index is 6.04. The lowest BCUT2D eigenvalue weighted by Crippen LogP contribution is -1.99. The molecule has 0 unspecified atom stereocenters. The van der Waals surface area contributed by atoms with E-state index in [4.69, 9.17) is 11.6 Å². The number of benzene rings is 1. The number of nitrogens with zero attached hydrogens (tertiary/aromatic N) is 2. The SMILES string of the molecule is Clc1ccc2ccn(CCc3cccnc3)c2c1. The number of fused-ring (bicyclic) bond motifs is 1. The molecule has 0 aliphatic rings. The van der Waals surface area contributed by atoms with E-state index in [0.717, 1.165) is 18.0 Å². The van der Waals surface area contributed by atoms with Crippen molar-refractivity contribution in [1.82, 2.24) is 9.55 Å². The molecule has 90 valence electrons. The van der Waals surface area contributed by atoms with Crippen LogP contribution in [0, 0.1) is 0 Å². The van der Waals surface area contributed by atoms with Crippen molar-refractivity contribution in [3.05, 3.63) is 65.6 Å². The molecule has 3 heteroatoms. The summed E-state index contributed by atoms with van der Waals surface area (Å²) >= 11 is 6.04. The number of rotatable bonds is 3. The molecule has 0 aliphatic heterocycles. The van der Waals surface area contributed by atoms with Crippen molar-refractivity contribution >= 4 is 22.5 Å². The minimum Gasteiger partial charge on any atom is -0.347 e. The lowest BCUT2D eigenvalue weighted by molar-refractivity contribution is 0.721. The summed E-state index contributed by atoms with van der Waals surface area (Å²) in [5, 5.41) is 2.01. The molecule has 3 aromatic rings. The van der Waals surface area contributed by atoms with Crippen LogP contribution in [-0.4, -0.2) is 9.55 Å². The first kappa shape index (κ1) is 11.3. The zero-order valence-corrected chi connectivity index (χ0v) is 10.6. The normalized spacial score (nSPS) is 10.9. The number of aromatic nitrogens is 2. The minimum absolute atomic E-state index is 0.781. The van der Waals surface area contributed by atoms with Crippen LogP contribution in [0.25, 0.3) is 10.9 Å². The second-order valence-corrected chi connectivity index (χ2v) is 4.76. The van der Waals surface area contributed by atoms with Crippen molar-refractivity contribution in [2.45, 2.75) is 13.0 Å². The van der Waals surface area contributed by atoms with Crippen LogP contribution in [0.3, 0.4) is 0 Å². The average molecular weight is 257 g/mol. The number of hydrogen-bond acceptors (Lipinski definition) is 1. The average Bonchev–Trinajstić information content (AvgIpc) is 2.80. The van der Waals surface area contributed by atoms with Crippen LogP contribution in [0.1, 0.15) is 5.56 Å². The van der Waals surface area contributed by atoms with Gasteiger partial charge in [-0.05, 0) is 41.6 Å². The number of halogens is 1. The summed E-state index contributed by atoms with van der Waals surface area (Å²) in [4.78, 5) is 4.13.